The molecule has 0 saturated heterocycles. The minimum absolute atomic E-state index is 0.0948. The molecule has 0 atom stereocenters. The van der Waals surface area contributed by atoms with Gasteiger partial charge in [-0.1, -0.05) is 49.6 Å². The van der Waals surface area contributed by atoms with E-state index in [9.17, 15) is 9.59 Å². The molecular weight excluding hydrogens is 302 g/mol. The Morgan fingerprint density at radius 3 is 2.46 bits per heavy atom. The zero-order chi connectivity index (χ0) is 17.2. The van der Waals surface area contributed by atoms with Gasteiger partial charge in [0.2, 0.25) is 5.91 Å². The van der Waals surface area contributed by atoms with E-state index < -0.39 is 0 Å². The third-order valence-corrected chi connectivity index (χ3v) is 5.17. The van der Waals surface area contributed by atoms with E-state index in [1.165, 1.54) is 13.3 Å². The van der Waals surface area contributed by atoms with E-state index in [0.29, 0.717) is 12.2 Å². The molecule has 5 heteroatoms. The summed E-state index contributed by atoms with van der Waals surface area (Å²) in [6.07, 6.45) is 5.28. The Balaban J connectivity index is 1.93. The summed E-state index contributed by atoms with van der Waals surface area (Å²) in [6.45, 7) is 2.09. The summed E-state index contributed by atoms with van der Waals surface area (Å²) in [5, 5.41) is 6.24. The molecule has 2 aliphatic rings. The monoisotopic (exact) mass is 327 g/mol. The van der Waals surface area contributed by atoms with Crippen LogP contribution in [-0.2, 0) is 16.1 Å². The fourth-order valence-corrected chi connectivity index (χ4v) is 3.92. The Kier molecular flexibility index (Phi) is 4.60. The molecule has 0 radical (unpaired) electrons. The van der Waals surface area contributed by atoms with Crippen molar-refractivity contribution in [3.63, 3.8) is 0 Å². The van der Waals surface area contributed by atoms with E-state index in [4.69, 9.17) is 0 Å². The zero-order valence-electron chi connectivity index (χ0n) is 14.4. The lowest BCUT2D eigenvalue weighted by Gasteiger charge is -2.41. The molecule has 1 fully saturated rings. The summed E-state index contributed by atoms with van der Waals surface area (Å²) in [4.78, 5) is 26.2. The van der Waals surface area contributed by atoms with Gasteiger partial charge in [-0.25, -0.2) is 0 Å². The molecule has 1 saturated carbocycles. The molecule has 0 bridgehead atoms. The summed E-state index contributed by atoms with van der Waals surface area (Å²) < 4.78 is 0. The molecule has 1 spiro atoms. The van der Waals surface area contributed by atoms with Gasteiger partial charge in [0.1, 0.15) is 5.70 Å². The third kappa shape index (κ3) is 2.90. The lowest BCUT2D eigenvalue weighted by Crippen LogP contribution is -2.49. The van der Waals surface area contributed by atoms with Crippen molar-refractivity contribution < 1.29 is 9.59 Å². The average molecular weight is 327 g/mol. The largest absolute Gasteiger partial charge is 0.380 e. The van der Waals surface area contributed by atoms with Crippen LogP contribution in [0.4, 0.5) is 0 Å². The first kappa shape index (κ1) is 16.6. The van der Waals surface area contributed by atoms with E-state index >= 15 is 0 Å². The van der Waals surface area contributed by atoms with Crippen LogP contribution in [-0.4, -0.2) is 29.3 Å². The number of rotatable bonds is 4. The number of carbonyl (C=O) groups excluding carboxylic acids is 2. The Labute approximate surface area is 143 Å². The molecule has 0 aromatic heterocycles. The average Bonchev–Trinajstić information content (AvgIpc) is 2.77. The number of amides is 2. The quantitative estimate of drug-likeness (QED) is 0.892. The van der Waals surface area contributed by atoms with Crippen LogP contribution in [0.1, 0.15) is 44.6 Å². The second kappa shape index (κ2) is 6.67. The lowest BCUT2D eigenvalue weighted by atomic mass is 9.79. The van der Waals surface area contributed by atoms with Gasteiger partial charge in [0.05, 0.1) is 11.2 Å². The van der Waals surface area contributed by atoms with Crippen LogP contribution in [0.2, 0.25) is 0 Å². The predicted octanol–water partition coefficient (Wildman–Crippen LogP) is 2.30. The highest BCUT2D eigenvalue weighted by molar-refractivity contribution is 6.01. The van der Waals surface area contributed by atoms with Gasteiger partial charge in [0, 0.05) is 20.5 Å². The van der Waals surface area contributed by atoms with Gasteiger partial charge in [0.15, 0.2) is 0 Å². The second-order valence-corrected chi connectivity index (χ2v) is 6.73. The molecule has 1 aliphatic carbocycles. The van der Waals surface area contributed by atoms with E-state index in [-0.39, 0.29) is 17.4 Å². The van der Waals surface area contributed by atoms with Crippen molar-refractivity contribution in [2.24, 2.45) is 0 Å². The fraction of sp³-hybridized carbons (Fsp3) is 0.474. The molecule has 3 rings (SSSR count). The summed E-state index contributed by atoms with van der Waals surface area (Å²) in [6, 6.07) is 10.1. The van der Waals surface area contributed by atoms with Crippen molar-refractivity contribution in [2.75, 3.05) is 7.05 Å². The highest BCUT2D eigenvalue weighted by Crippen LogP contribution is 2.43. The summed E-state index contributed by atoms with van der Waals surface area (Å²) in [5.74, 6) is -0.304. The maximum Gasteiger partial charge on any atom is 0.272 e. The van der Waals surface area contributed by atoms with Crippen molar-refractivity contribution in [3.8, 4) is 0 Å². The topological polar surface area (TPSA) is 61.4 Å². The van der Waals surface area contributed by atoms with Gasteiger partial charge < -0.3 is 15.5 Å². The number of likely N-dealkylation sites (N-methyl/N-ethyl adjacent to an activating group) is 1. The SMILES string of the molecule is CC(=O)NC1=C(NCc2ccccc2)C2(CCCCC2)N(C)C1=O. The Morgan fingerprint density at radius 2 is 1.83 bits per heavy atom. The second-order valence-electron chi connectivity index (χ2n) is 6.73. The van der Waals surface area contributed by atoms with Gasteiger partial charge in [-0.3, -0.25) is 9.59 Å². The molecule has 1 heterocycles. The Bertz CT molecular complexity index is 660. The van der Waals surface area contributed by atoms with Gasteiger partial charge in [0.25, 0.3) is 5.91 Å². The van der Waals surface area contributed by atoms with Crippen molar-refractivity contribution in [2.45, 2.75) is 51.1 Å². The van der Waals surface area contributed by atoms with Gasteiger partial charge >= 0.3 is 0 Å². The number of carbonyl (C=O) groups is 2. The van der Waals surface area contributed by atoms with Crippen LogP contribution < -0.4 is 10.6 Å². The van der Waals surface area contributed by atoms with E-state index in [2.05, 4.69) is 22.8 Å². The van der Waals surface area contributed by atoms with Crippen LogP contribution in [0.15, 0.2) is 41.7 Å². The number of hydrogen-bond donors (Lipinski definition) is 2. The molecule has 2 amide bonds. The van der Waals surface area contributed by atoms with Crippen LogP contribution in [0.25, 0.3) is 0 Å². The minimum Gasteiger partial charge on any atom is -0.380 e. The van der Waals surface area contributed by atoms with Crippen molar-refractivity contribution >= 4 is 11.8 Å². The van der Waals surface area contributed by atoms with Gasteiger partial charge in [-0.2, -0.15) is 0 Å². The Hall–Kier alpha value is -2.30. The van der Waals surface area contributed by atoms with E-state index in [1.807, 2.05) is 30.1 Å². The standard InChI is InChI=1S/C19H25N3O2/c1-14(23)21-16-17(20-13-15-9-5-3-6-10-15)19(22(2)18(16)24)11-7-4-8-12-19/h3,5-6,9-10,20H,4,7-8,11-13H2,1-2H3,(H,21,23). The predicted molar refractivity (Wildman–Crippen MR) is 92.7 cm³/mol. The third-order valence-electron chi connectivity index (χ3n) is 5.17. The first-order valence-corrected chi connectivity index (χ1v) is 8.63. The van der Waals surface area contributed by atoms with Crippen LogP contribution >= 0.6 is 0 Å². The zero-order valence-corrected chi connectivity index (χ0v) is 14.4. The molecule has 1 aromatic rings. The molecule has 2 N–H and O–H groups in total. The van der Waals surface area contributed by atoms with Crippen LogP contribution in [0, 0.1) is 0 Å². The van der Waals surface area contributed by atoms with Gasteiger partial charge in [-0.05, 0) is 18.4 Å². The molecule has 0 unspecified atom stereocenters. The van der Waals surface area contributed by atoms with Crippen molar-refractivity contribution in [1.82, 2.24) is 15.5 Å². The Morgan fingerprint density at radius 1 is 1.17 bits per heavy atom. The first-order chi connectivity index (χ1) is 11.5. The smallest absolute Gasteiger partial charge is 0.272 e. The molecule has 1 aliphatic heterocycles. The minimum atomic E-state index is -0.304. The van der Waals surface area contributed by atoms with Crippen molar-refractivity contribution in [1.29, 1.82) is 0 Å². The normalized spacial score (nSPS) is 19.8. The van der Waals surface area contributed by atoms with E-state index in [0.717, 1.165) is 36.9 Å². The highest BCUT2D eigenvalue weighted by atomic mass is 16.2. The summed E-state index contributed by atoms with van der Waals surface area (Å²) >= 11 is 0. The number of hydrogen-bond acceptors (Lipinski definition) is 3. The summed E-state index contributed by atoms with van der Waals surface area (Å²) in [5.41, 5.74) is 2.15. The highest BCUT2D eigenvalue weighted by Gasteiger charge is 2.50. The number of benzene rings is 1. The number of nitrogens with one attached hydrogen (secondary N) is 2. The van der Waals surface area contributed by atoms with Crippen LogP contribution in [0.5, 0.6) is 0 Å². The van der Waals surface area contributed by atoms with Gasteiger partial charge in [-0.15, -0.1) is 0 Å². The fourth-order valence-electron chi connectivity index (χ4n) is 3.92. The number of nitrogens with zero attached hydrogens (tertiary/aromatic N) is 1. The molecule has 128 valence electrons. The first-order valence-electron chi connectivity index (χ1n) is 8.63. The molecule has 5 nitrogen and oxygen atoms in total. The van der Waals surface area contributed by atoms with Crippen LogP contribution in [0.3, 0.4) is 0 Å². The maximum absolute atomic E-state index is 12.7. The van der Waals surface area contributed by atoms with E-state index in [1.54, 1.807) is 0 Å². The van der Waals surface area contributed by atoms with Crippen molar-refractivity contribution in [3.05, 3.63) is 47.3 Å². The lowest BCUT2D eigenvalue weighted by molar-refractivity contribution is -0.130. The molecule has 1 aromatic carbocycles. The molecule has 24 heavy (non-hydrogen) atoms. The molecular formula is C19H25N3O2. The maximum atomic E-state index is 12.7. The summed E-state index contributed by atoms with van der Waals surface area (Å²) in [7, 11) is 1.85.